The predicted octanol–water partition coefficient (Wildman–Crippen LogP) is 3.82. The molecule has 0 aliphatic carbocycles. The van der Waals surface area contributed by atoms with Gasteiger partial charge in [-0.2, -0.15) is 0 Å². The summed E-state index contributed by atoms with van der Waals surface area (Å²) < 4.78 is 10.8. The number of hydrogen-bond acceptors (Lipinski definition) is 5. The largest absolute Gasteiger partial charge is 0.497 e. The van der Waals surface area contributed by atoms with Crippen molar-refractivity contribution in [1.29, 1.82) is 0 Å². The molecule has 3 aromatic carbocycles. The van der Waals surface area contributed by atoms with Crippen LogP contribution in [0.5, 0.6) is 11.5 Å². The molecule has 168 valence electrons. The first-order valence-electron chi connectivity index (χ1n) is 10.6. The number of nitrogens with one attached hydrogen (secondary N) is 1. The maximum Gasteiger partial charge on any atom is 0.261 e. The van der Waals surface area contributed by atoms with Crippen LogP contribution in [0.15, 0.2) is 66.7 Å². The molecule has 7 heteroatoms. The van der Waals surface area contributed by atoms with Gasteiger partial charge in [0.2, 0.25) is 0 Å². The van der Waals surface area contributed by atoms with Crippen LogP contribution in [0.25, 0.3) is 0 Å². The number of ether oxygens (including phenoxy) is 2. The van der Waals surface area contributed by atoms with Crippen molar-refractivity contribution in [2.45, 2.75) is 20.0 Å². The monoisotopic (exact) mass is 444 g/mol. The van der Waals surface area contributed by atoms with Gasteiger partial charge in [0.05, 0.1) is 37.0 Å². The minimum atomic E-state index is -0.338. The van der Waals surface area contributed by atoms with Gasteiger partial charge in [0.25, 0.3) is 17.7 Å². The Bertz CT molecular complexity index is 1170. The van der Waals surface area contributed by atoms with E-state index in [1.807, 2.05) is 31.2 Å². The van der Waals surface area contributed by atoms with Crippen LogP contribution in [0.1, 0.15) is 49.1 Å². The Kier molecular flexibility index (Phi) is 6.40. The van der Waals surface area contributed by atoms with Crippen LogP contribution in [-0.2, 0) is 13.1 Å². The normalized spacial score (nSPS) is 12.5. The van der Waals surface area contributed by atoms with E-state index < -0.39 is 0 Å². The Morgan fingerprint density at radius 1 is 0.909 bits per heavy atom. The highest BCUT2D eigenvalue weighted by molar-refractivity contribution is 6.21. The molecule has 0 spiro atoms. The molecular formula is C26H24N2O5. The van der Waals surface area contributed by atoms with Crippen LogP contribution in [0.3, 0.4) is 0 Å². The number of hydrogen-bond donors (Lipinski definition) is 1. The van der Waals surface area contributed by atoms with Gasteiger partial charge in [0.15, 0.2) is 0 Å². The molecule has 7 nitrogen and oxygen atoms in total. The van der Waals surface area contributed by atoms with Crippen molar-refractivity contribution in [2.24, 2.45) is 0 Å². The standard InChI is InChI=1S/C26H24N2O5/c1-3-33-23-13-10-18(16-28-25(30)20-6-4-5-7-21(20)26(28)31)14-22(23)24(29)27-15-17-8-11-19(32-2)12-9-17/h4-14H,3,15-16H2,1-2H3,(H,27,29). The Morgan fingerprint density at radius 3 is 2.15 bits per heavy atom. The first-order valence-corrected chi connectivity index (χ1v) is 10.6. The molecule has 4 rings (SSSR count). The van der Waals surface area contributed by atoms with Crippen LogP contribution in [-0.4, -0.2) is 36.3 Å². The molecule has 33 heavy (non-hydrogen) atoms. The summed E-state index contributed by atoms with van der Waals surface area (Å²) in [5.74, 6) is 0.198. The van der Waals surface area contributed by atoms with Crippen LogP contribution in [0, 0.1) is 0 Å². The zero-order valence-electron chi connectivity index (χ0n) is 18.5. The van der Waals surface area contributed by atoms with E-state index in [-0.39, 0.29) is 24.3 Å². The van der Waals surface area contributed by atoms with Crippen molar-refractivity contribution in [1.82, 2.24) is 10.2 Å². The number of nitrogens with zero attached hydrogens (tertiary/aromatic N) is 1. The second-order valence-corrected chi connectivity index (χ2v) is 7.54. The van der Waals surface area contributed by atoms with Crippen molar-refractivity contribution < 1.29 is 23.9 Å². The van der Waals surface area contributed by atoms with Gasteiger partial charge in [0, 0.05) is 6.54 Å². The predicted molar refractivity (Wildman–Crippen MR) is 122 cm³/mol. The SMILES string of the molecule is CCOc1ccc(CN2C(=O)c3ccccc3C2=O)cc1C(=O)NCc1ccc(OC)cc1. The number of rotatable bonds is 8. The van der Waals surface area contributed by atoms with Gasteiger partial charge >= 0.3 is 0 Å². The van der Waals surface area contributed by atoms with E-state index in [9.17, 15) is 14.4 Å². The van der Waals surface area contributed by atoms with E-state index in [4.69, 9.17) is 9.47 Å². The fourth-order valence-electron chi connectivity index (χ4n) is 3.72. The highest BCUT2D eigenvalue weighted by Gasteiger charge is 2.35. The molecule has 1 aliphatic rings. The molecule has 3 aromatic rings. The lowest BCUT2D eigenvalue weighted by molar-refractivity contribution is 0.0642. The molecule has 1 N–H and O–H groups in total. The molecule has 0 radical (unpaired) electrons. The zero-order chi connectivity index (χ0) is 23.4. The first-order chi connectivity index (χ1) is 16.0. The van der Waals surface area contributed by atoms with Gasteiger partial charge in [-0.25, -0.2) is 0 Å². The average Bonchev–Trinajstić information content (AvgIpc) is 3.09. The van der Waals surface area contributed by atoms with Crippen LogP contribution in [0.2, 0.25) is 0 Å². The Hall–Kier alpha value is -4.13. The topological polar surface area (TPSA) is 84.9 Å². The van der Waals surface area contributed by atoms with Gasteiger partial charge in [-0.1, -0.05) is 30.3 Å². The minimum Gasteiger partial charge on any atom is -0.497 e. The van der Waals surface area contributed by atoms with Gasteiger partial charge in [-0.3, -0.25) is 19.3 Å². The Morgan fingerprint density at radius 2 is 1.55 bits per heavy atom. The molecule has 3 amide bonds. The summed E-state index contributed by atoms with van der Waals surface area (Å²) in [6, 6.07) is 19.3. The van der Waals surface area contributed by atoms with Crippen molar-refractivity contribution >= 4 is 17.7 Å². The number of benzene rings is 3. The summed E-state index contributed by atoms with van der Waals surface area (Å²) in [4.78, 5) is 39.6. The highest BCUT2D eigenvalue weighted by atomic mass is 16.5. The summed E-state index contributed by atoms with van der Waals surface area (Å²) in [6.07, 6.45) is 0. The second kappa shape index (κ2) is 9.56. The van der Waals surface area contributed by atoms with E-state index in [0.29, 0.717) is 41.2 Å². The van der Waals surface area contributed by atoms with E-state index in [2.05, 4.69) is 5.32 Å². The molecule has 0 aromatic heterocycles. The lowest BCUT2D eigenvalue weighted by Gasteiger charge is -2.16. The lowest BCUT2D eigenvalue weighted by atomic mass is 10.1. The molecule has 0 unspecified atom stereocenters. The Balaban J connectivity index is 1.52. The zero-order valence-corrected chi connectivity index (χ0v) is 18.5. The molecule has 0 saturated heterocycles. The molecule has 1 heterocycles. The summed E-state index contributed by atoms with van der Waals surface area (Å²) in [5.41, 5.74) is 2.71. The van der Waals surface area contributed by atoms with Crippen LogP contribution < -0.4 is 14.8 Å². The number of carbonyl (C=O) groups is 3. The van der Waals surface area contributed by atoms with Crippen molar-refractivity contribution in [3.63, 3.8) is 0 Å². The molecule has 1 aliphatic heterocycles. The van der Waals surface area contributed by atoms with Gasteiger partial charge in [-0.05, 0) is 54.4 Å². The fraction of sp³-hybridized carbons (Fsp3) is 0.192. The number of amides is 3. The number of methoxy groups -OCH3 is 1. The molecule has 0 bridgehead atoms. The maximum atomic E-state index is 13.0. The third-order valence-corrected chi connectivity index (χ3v) is 5.42. The van der Waals surface area contributed by atoms with Gasteiger partial charge in [-0.15, -0.1) is 0 Å². The molecule has 0 saturated carbocycles. The smallest absolute Gasteiger partial charge is 0.261 e. The Labute approximate surface area is 191 Å². The second-order valence-electron chi connectivity index (χ2n) is 7.54. The van der Waals surface area contributed by atoms with Crippen molar-refractivity contribution in [3.8, 4) is 11.5 Å². The lowest BCUT2D eigenvalue weighted by Crippen LogP contribution is -2.29. The van der Waals surface area contributed by atoms with Gasteiger partial charge in [0.1, 0.15) is 11.5 Å². The summed E-state index contributed by atoms with van der Waals surface area (Å²) >= 11 is 0. The fourth-order valence-corrected chi connectivity index (χ4v) is 3.72. The summed E-state index contributed by atoms with van der Waals surface area (Å²) in [6.45, 7) is 2.64. The first kappa shape index (κ1) is 22.1. The van der Waals surface area contributed by atoms with E-state index in [1.165, 1.54) is 4.90 Å². The number of fused-ring (bicyclic) bond motifs is 1. The minimum absolute atomic E-state index is 0.0670. The quantitative estimate of drug-likeness (QED) is 0.534. The van der Waals surface area contributed by atoms with E-state index >= 15 is 0 Å². The van der Waals surface area contributed by atoms with Crippen LogP contribution >= 0.6 is 0 Å². The molecule has 0 atom stereocenters. The van der Waals surface area contributed by atoms with Gasteiger partial charge < -0.3 is 14.8 Å². The number of imide groups is 1. The van der Waals surface area contributed by atoms with E-state index in [0.717, 1.165) is 11.3 Å². The highest BCUT2D eigenvalue weighted by Crippen LogP contribution is 2.26. The average molecular weight is 444 g/mol. The van der Waals surface area contributed by atoms with E-state index in [1.54, 1.807) is 49.6 Å². The molecular weight excluding hydrogens is 420 g/mol. The maximum absolute atomic E-state index is 13.0. The third-order valence-electron chi connectivity index (χ3n) is 5.42. The third kappa shape index (κ3) is 4.57. The van der Waals surface area contributed by atoms with Crippen molar-refractivity contribution in [3.05, 3.63) is 94.5 Å². The van der Waals surface area contributed by atoms with Crippen LogP contribution in [0.4, 0.5) is 0 Å². The molecule has 0 fully saturated rings. The summed E-state index contributed by atoms with van der Waals surface area (Å²) in [7, 11) is 1.60. The number of carbonyl (C=O) groups excluding carboxylic acids is 3. The summed E-state index contributed by atoms with van der Waals surface area (Å²) in [5, 5.41) is 2.90. The van der Waals surface area contributed by atoms with Crippen molar-refractivity contribution in [2.75, 3.05) is 13.7 Å².